The minimum absolute atomic E-state index is 0.251. The number of rotatable bonds is 6. The van der Waals surface area contributed by atoms with Gasteiger partial charge in [0, 0.05) is 36.7 Å². The maximum absolute atomic E-state index is 12.4. The number of pyridine rings is 1. The molecule has 3 rings (SSSR count). The predicted molar refractivity (Wildman–Crippen MR) is 107 cm³/mol. The number of amides is 1. The van der Waals surface area contributed by atoms with E-state index < -0.39 is 0 Å². The standard InChI is InChI=1S/C20H20ClN5O/c1-14-16(21)4-3-5-17(14)25-20(27)18-12-24-19(13-23-18)26(2)11-8-15-6-9-22-10-7-15/h3-7,9-10,12-13H,8,11H2,1-2H3,(H,25,27). The Kier molecular flexibility index (Phi) is 5.98. The van der Waals surface area contributed by atoms with Crippen LogP contribution in [0.4, 0.5) is 11.5 Å². The Morgan fingerprint density at radius 1 is 1.15 bits per heavy atom. The molecule has 0 aliphatic rings. The molecule has 3 aromatic rings. The fraction of sp³-hybridized carbons (Fsp3) is 0.200. The Labute approximate surface area is 163 Å². The lowest BCUT2D eigenvalue weighted by Gasteiger charge is -2.17. The summed E-state index contributed by atoms with van der Waals surface area (Å²) in [5.74, 6) is 0.387. The summed E-state index contributed by atoms with van der Waals surface area (Å²) in [5, 5.41) is 3.42. The number of likely N-dealkylation sites (N-methyl/N-ethyl adjacent to an activating group) is 1. The monoisotopic (exact) mass is 381 g/mol. The second-order valence-electron chi connectivity index (χ2n) is 6.15. The second-order valence-corrected chi connectivity index (χ2v) is 6.56. The van der Waals surface area contributed by atoms with Gasteiger partial charge in [0.15, 0.2) is 0 Å². The molecule has 0 fully saturated rings. The molecule has 0 radical (unpaired) electrons. The average molecular weight is 382 g/mol. The largest absolute Gasteiger partial charge is 0.358 e. The van der Waals surface area contributed by atoms with E-state index in [4.69, 9.17) is 11.6 Å². The SMILES string of the molecule is Cc1c(Cl)cccc1NC(=O)c1cnc(N(C)CCc2ccncc2)cn1. The van der Waals surface area contributed by atoms with Crippen LogP contribution in [-0.4, -0.2) is 34.5 Å². The second kappa shape index (κ2) is 8.60. The Morgan fingerprint density at radius 3 is 2.63 bits per heavy atom. The number of nitrogens with zero attached hydrogens (tertiary/aromatic N) is 4. The van der Waals surface area contributed by atoms with Crippen molar-refractivity contribution >= 4 is 29.0 Å². The maximum Gasteiger partial charge on any atom is 0.275 e. The van der Waals surface area contributed by atoms with Gasteiger partial charge < -0.3 is 10.2 Å². The number of halogens is 1. The van der Waals surface area contributed by atoms with E-state index in [0.717, 1.165) is 18.5 Å². The van der Waals surface area contributed by atoms with E-state index in [-0.39, 0.29) is 11.6 Å². The highest BCUT2D eigenvalue weighted by atomic mass is 35.5. The van der Waals surface area contributed by atoms with Crippen molar-refractivity contribution in [2.45, 2.75) is 13.3 Å². The smallest absolute Gasteiger partial charge is 0.275 e. The lowest BCUT2D eigenvalue weighted by atomic mass is 10.2. The van der Waals surface area contributed by atoms with Gasteiger partial charge in [0.2, 0.25) is 0 Å². The van der Waals surface area contributed by atoms with E-state index in [1.807, 2.05) is 31.0 Å². The van der Waals surface area contributed by atoms with Crippen LogP contribution in [0.1, 0.15) is 21.6 Å². The van der Waals surface area contributed by atoms with Crippen molar-refractivity contribution < 1.29 is 4.79 Å². The number of carbonyl (C=O) groups is 1. The summed E-state index contributed by atoms with van der Waals surface area (Å²) in [5.41, 5.74) is 2.93. The fourth-order valence-corrected chi connectivity index (χ4v) is 2.70. The number of hydrogen-bond acceptors (Lipinski definition) is 5. The van der Waals surface area contributed by atoms with Gasteiger partial charge in [0.1, 0.15) is 11.5 Å². The van der Waals surface area contributed by atoms with Gasteiger partial charge in [0.25, 0.3) is 5.91 Å². The number of aromatic nitrogens is 3. The number of benzene rings is 1. The summed E-state index contributed by atoms with van der Waals surface area (Å²) in [6.07, 6.45) is 7.52. The van der Waals surface area contributed by atoms with E-state index in [1.165, 1.54) is 11.8 Å². The molecule has 2 heterocycles. The van der Waals surface area contributed by atoms with Gasteiger partial charge in [-0.2, -0.15) is 0 Å². The van der Waals surface area contributed by atoms with E-state index in [9.17, 15) is 4.79 Å². The summed E-state index contributed by atoms with van der Waals surface area (Å²) in [6, 6.07) is 9.35. The van der Waals surface area contributed by atoms with Gasteiger partial charge in [-0.25, -0.2) is 9.97 Å². The van der Waals surface area contributed by atoms with Crippen LogP contribution in [0.3, 0.4) is 0 Å². The van der Waals surface area contributed by atoms with Crippen LogP contribution in [0.25, 0.3) is 0 Å². The highest BCUT2D eigenvalue weighted by Gasteiger charge is 2.12. The molecule has 0 aliphatic heterocycles. The number of hydrogen-bond donors (Lipinski definition) is 1. The van der Waals surface area contributed by atoms with E-state index in [1.54, 1.807) is 36.8 Å². The minimum Gasteiger partial charge on any atom is -0.358 e. The first-order valence-corrected chi connectivity index (χ1v) is 8.91. The summed E-state index contributed by atoms with van der Waals surface area (Å²) in [6.45, 7) is 2.64. The van der Waals surface area contributed by atoms with E-state index in [2.05, 4.69) is 20.3 Å². The van der Waals surface area contributed by atoms with Gasteiger partial charge in [-0.15, -0.1) is 0 Å². The van der Waals surface area contributed by atoms with Crippen LogP contribution >= 0.6 is 11.6 Å². The average Bonchev–Trinajstić information content (AvgIpc) is 2.70. The van der Waals surface area contributed by atoms with E-state index >= 15 is 0 Å². The Hall–Kier alpha value is -2.99. The summed E-state index contributed by atoms with van der Waals surface area (Å²) in [7, 11) is 1.94. The van der Waals surface area contributed by atoms with Crippen molar-refractivity contribution in [3.05, 3.63) is 77.0 Å². The Bertz CT molecular complexity index is 915. The van der Waals surface area contributed by atoms with Crippen molar-refractivity contribution in [3.8, 4) is 0 Å². The van der Waals surface area contributed by atoms with Crippen molar-refractivity contribution in [1.29, 1.82) is 0 Å². The zero-order chi connectivity index (χ0) is 19.2. The number of nitrogens with one attached hydrogen (secondary N) is 1. The molecule has 0 saturated heterocycles. The molecule has 6 nitrogen and oxygen atoms in total. The highest BCUT2D eigenvalue weighted by Crippen LogP contribution is 2.23. The van der Waals surface area contributed by atoms with Crippen LogP contribution in [-0.2, 0) is 6.42 Å². The zero-order valence-electron chi connectivity index (χ0n) is 15.2. The van der Waals surface area contributed by atoms with Gasteiger partial charge in [-0.05, 0) is 48.7 Å². The van der Waals surface area contributed by atoms with Crippen molar-refractivity contribution in [3.63, 3.8) is 0 Å². The molecule has 0 atom stereocenters. The lowest BCUT2D eigenvalue weighted by molar-refractivity contribution is 0.102. The first-order chi connectivity index (χ1) is 13.0. The third-order valence-electron chi connectivity index (χ3n) is 4.26. The van der Waals surface area contributed by atoms with Crippen LogP contribution in [0.2, 0.25) is 5.02 Å². The molecule has 7 heteroatoms. The van der Waals surface area contributed by atoms with Crippen LogP contribution in [0, 0.1) is 6.92 Å². The quantitative estimate of drug-likeness (QED) is 0.703. The molecule has 27 heavy (non-hydrogen) atoms. The molecular weight excluding hydrogens is 362 g/mol. The summed E-state index contributed by atoms with van der Waals surface area (Å²) < 4.78 is 0. The van der Waals surface area contributed by atoms with Gasteiger partial charge >= 0.3 is 0 Å². The van der Waals surface area contributed by atoms with Crippen LogP contribution < -0.4 is 10.2 Å². The van der Waals surface area contributed by atoms with Crippen LogP contribution in [0.15, 0.2) is 55.1 Å². The summed E-state index contributed by atoms with van der Waals surface area (Å²) in [4.78, 5) is 27.0. The Balaban J connectivity index is 1.62. The van der Waals surface area contributed by atoms with Crippen molar-refractivity contribution in [1.82, 2.24) is 15.0 Å². The molecule has 1 N–H and O–H groups in total. The first-order valence-electron chi connectivity index (χ1n) is 8.53. The van der Waals surface area contributed by atoms with Crippen molar-refractivity contribution in [2.75, 3.05) is 23.8 Å². The fourth-order valence-electron chi connectivity index (χ4n) is 2.53. The molecule has 0 unspecified atom stereocenters. The van der Waals surface area contributed by atoms with Crippen LogP contribution in [0.5, 0.6) is 0 Å². The van der Waals surface area contributed by atoms with Gasteiger partial charge in [-0.1, -0.05) is 17.7 Å². The molecule has 1 aromatic carbocycles. The molecule has 0 bridgehead atoms. The maximum atomic E-state index is 12.4. The Morgan fingerprint density at radius 2 is 1.93 bits per heavy atom. The molecule has 138 valence electrons. The number of carbonyl (C=O) groups excluding carboxylic acids is 1. The number of anilines is 2. The van der Waals surface area contributed by atoms with Gasteiger partial charge in [0.05, 0.1) is 12.4 Å². The third-order valence-corrected chi connectivity index (χ3v) is 4.67. The summed E-state index contributed by atoms with van der Waals surface area (Å²) >= 11 is 6.08. The van der Waals surface area contributed by atoms with Gasteiger partial charge in [-0.3, -0.25) is 9.78 Å². The van der Waals surface area contributed by atoms with E-state index in [0.29, 0.717) is 16.5 Å². The third kappa shape index (κ3) is 4.80. The molecule has 0 aliphatic carbocycles. The highest BCUT2D eigenvalue weighted by molar-refractivity contribution is 6.31. The zero-order valence-corrected chi connectivity index (χ0v) is 15.9. The minimum atomic E-state index is -0.321. The molecule has 1 amide bonds. The normalized spacial score (nSPS) is 10.5. The molecule has 0 spiro atoms. The lowest BCUT2D eigenvalue weighted by Crippen LogP contribution is -2.22. The topological polar surface area (TPSA) is 71.0 Å². The molecule has 0 saturated carbocycles. The molecular formula is C20H20ClN5O. The molecule has 2 aromatic heterocycles. The first kappa shape index (κ1) is 18.8. The predicted octanol–water partition coefficient (Wildman–Crippen LogP) is 3.76. The van der Waals surface area contributed by atoms with Crippen molar-refractivity contribution in [2.24, 2.45) is 0 Å².